The van der Waals surface area contributed by atoms with Crippen LogP contribution in [0.1, 0.15) is 20.3 Å². The highest BCUT2D eigenvalue weighted by Crippen LogP contribution is 2.24. The number of nitrogens with one attached hydrogen (secondary N) is 1. The van der Waals surface area contributed by atoms with Crippen LogP contribution in [0.5, 0.6) is 0 Å². The van der Waals surface area contributed by atoms with E-state index in [1.807, 2.05) is 18.2 Å². The van der Waals surface area contributed by atoms with Gasteiger partial charge in [-0.25, -0.2) is 0 Å². The number of likely N-dealkylation sites (tertiary alicyclic amines) is 1. The third kappa shape index (κ3) is 3.30. The maximum Gasteiger partial charge on any atom is 0.0588 e. The maximum atomic E-state index is 5.97. The first-order chi connectivity index (χ1) is 8.56. The molecule has 1 unspecified atom stereocenters. The van der Waals surface area contributed by atoms with Gasteiger partial charge in [0.2, 0.25) is 0 Å². The molecule has 0 bridgehead atoms. The van der Waals surface area contributed by atoms with Crippen molar-refractivity contribution < 1.29 is 0 Å². The number of nitrogens with zero attached hydrogens (tertiary/aromatic N) is 1. The van der Waals surface area contributed by atoms with E-state index >= 15 is 0 Å². The van der Waals surface area contributed by atoms with E-state index in [-0.39, 0.29) is 0 Å². The second-order valence-corrected chi connectivity index (χ2v) is 5.79. The van der Waals surface area contributed by atoms with Crippen molar-refractivity contribution in [2.75, 3.05) is 30.7 Å². The zero-order chi connectivity index (χ0) is 13.1. The third-order valence-electron chi connectivity index (χ3n) is 3.64. The van der Waals surface area contributed by atoms with Crippen molar-refractivity contribution in [2.45, 2.75) is 26.3 Å². The fraction of sp³-hybridized carbons (Fsp3) is 0.571. The summed E-state index contributed by atoms with van der Waals surface area (Å²) in [6, 6.07) is 6.20. The predicted molar refractivity (Wildman–Crippen MR) is 79.2 cm³/mol. The van der Waals surface area contributed by atoms with E-state index in [1.54, 1.807) is 0 Å². The number of nitrogens with two attached hydrogens (primary N) is 1. The van der Waals surface area contributed by atoms with Crippen LogP contribution in [0.25, 0.3) is 0 Å². The highest BCUT2D eigenvalue weighted by Gasteiger charge is 2.23. The Hall–Kier alpha value is -0.930. The van der Waals surface area contributed by atoms with Gasteiger partial charge in [0.15, 0.2) is 0 Å². The second kappa shape index (κ2) is 5.81. The van der Waals surface area contributed by atoms with E-state index in [4.69, 9.17) is 17.3 Å². The van der Waals surface area contributed by atoms with Crippen LogP contribution in [-0.4, -0.2) is 30.6 Å². The Kier molecular flexibility index (Phi) is 4.36. The lowest BCUT2D eigenvalue weighted by molar-refractivity contribution is 0.266. The molecule has 1 fully saturated rings. The van der Waals surface area contributed by atoms with Gasteiger partial charge in [-0.3, -0.25) is 0 Å². The van der Waals surface area contributed by atoms with Crippen molar-refractivity contribution in [2.24, 2.45) is 5.92 Å². The molecule has 1 atom stereocenters. The van der Waals surface area contributed by atoms with Crippen LogP contribution in [0.15, 0.2) is 18.2 Å². The fourth-order valence-corrected chi connectivity index (χ4v) is 2.61. The van der Waals surface area contributed by atoms with E-state index in [0.717, 1.165) is 22.9 Å². The standard InChI is InChI=1S/C14H22ClN3/c1-10(2)18-6-5-11(9-18)8-17-14-7-12(15)3-4-13(14)16/h3-4,7,10-11,17H,5-6,8-9,16H2,1-2H3. The summed E-state index contributed by atoms with van der Waals surface area (Å²) in [5, 5.41) is 4.14. The van der Waals surface area contributed by atoms with Crippen LogP contribution in [0, 0.1) is 5.92 Å². The lowest BCUT2D eigenvalue weighted by atomic mass is 10.1. The lowest BCUT2D eigenvalue weighted by Crippen LogP contribution is -2.29. The minimum atomic E-state index is 0.645. The van der Waals surface area contributed by atoms with Gasteiger partial charge in [-0.15, -0.1) is 0 Å². The maximum absolute atomic E-state index is 5.97. The molecule has 1 saturated heterocycles. The van der Waals surface area contributed by atoms with Crippen LogP contribution in [-0.2, 0) is 0 Å². The Morgan fingerprint density at radius 3 is 2.94 bits per heavy atom. The molecule has 2 rings (SSSR count). The SMILES string of the molecule is CC(C)N1CCC(CNc2cc(Cl)ccc2N)C1. The number of hydrogen-bond acceptors (Lipinski definition) is 3. The molecule has 18 heavy (non-hydrogen) atoms. The topological polar surface area (TPSA) is 41.3 Å². The highest BCUT2D eigenvalue weighted by molar-refractivity contribution is 6.31. The summed E-state index contributed by atoms with van der Waals surface area (Å²) in [6.45, 7) is 7.85. The summed E-state index contributed by atoms with van der Waals surface area (Å²) in [6.07, 6.45) is 1.26. The van der Waals surface area contributed by atoms with Crippen molar-refractivity contribution in [3.05, 3.63) is 23.2 Å². The van der Waals surface area contributed by atoms with Gasteiger partial charge in [0.05, 0.1) is 11.4 Å². The molecule has 0 spiro atoms. The molecular formula is C14H22ClN3. The number of anilines is 2. The van der Waals surface area contributed by atoms with E-state index < -0.39 is 0 Å². The Balaban J connectivity index is 1.87. The molecule has 4 heteroatoms. The van der Waals surface area contributed by atoms with Crippen molar-refractivity contribution in [3.63, 3.8) is 0 Å². The van der Waals surface area contributed by atoms with E-state index in [2.05, 4.69) is 24.1 Å². The fourth-order valence-electron chi connectivity index (χ4n) is 2.43. The van der Waals surface area contributed by atoms with Gasteiger partial charge in [-0.2, -0.15) is 0 Å². The Morgan fingerprint density at radius 2 is 2.28 bits per heavy atom. The molecule has 1 aliphatic rings. The number of nitrogen functional groups attached to an aromatic ring is 1. The van der Waals surface area contributed by atoms with Crippen molar-refractivity contribution in [3.8, 4) is 0 Å². The summed E-state index contributed by atoms with van der Waals surface area (Å²) in [4.78, 5) is 2.52. The third-order valence-corrected chi connectivity index (χ3v) is 3.88. The molecular weight excluding hydrogens is 246 g/mol. The summed E-state index contributed by atoms with van der Waals surface area (Å²) >= 11 is 5.97. The molecule has 0 aromatic heterocycles. The molecule has 3 N–H and O–H groups in total. The minimum absolute atomic E-state index is 0.645. The zero-order valence-corrected chi connectivity index (χ0v) is 11.9. The van der Waals surface area contributed by atoms with Gasteiger partial charge >= 0.3 is 0 Å². The van der Waals surface area contributed by atoms with Gasteiger partial charge in [0.25, 0.3) is 0 Å². The first-order valence-electron chi connectivity index (χ1n) is 6.59. The second-order valence-electron chi connectivity index (χ2n) is 5.36. The van der Waals surface area contributed by atoms with E-state index in [9.17, 15) is 0 Å². The summed E-state index contributed by atoms with van der Waals surface area (Å²) in [5.74, 6) is 0.700. The van der Waals surface area contributed by atoms with Gasteiger partial charge in [-0.1, -0.05) is 11.6 Å². The number of rotatable bonds is 4. The summed E-state index contributed by atoms with van der Waals surface area (Å²) < 4.78 is 0. The molecule has 0 saturated carbocycles. The van der Waals surface area contributed by atoms with Gasteiger partial charge in [0.1, 0.15) is 0 Å². The Morgan fingerprint density at radius 1 is 1.50 bits per heavy atom. The molecule has 1 heterocycles. The first-order valence-corrected chi connectivity index (χ1v) is 6.97. The quantitative estimate of drug-likeness (QED) is 0.824. The number of halogens is 1. The van der Waals surface area contributed by atoms with Crippen LogP contribution in [0.2, 0.25) is 5.02 Å². The zero-order valence-electron chi connectivity index (χ0n) is 11.1. The molecule has 1 aliphatic heterocycles. The summed E-state index contributed by atoms with van der Waals surface area (Å²) in [7, 11) is 0. The normalized spacial score (nSPS) is 20.6. The van der Waals surface area contributed by atoms with E-state index in [1.165, 1.54) is 19.5 Å². The molecule has 3 nitrogen and oxygen atoms in total. The monoisotopic (exact) mass is 267 g/mol. The van der Waals surface area contributed by atoms with Crippen LogP contribution in [0.3, 0.4) is 0 Å². The minimum Gasteiger partial charge on any atom is -0.397 e. The van der Waals surface area contributed by atoms with Crippen molar-refractivity contribution in [1.29, 1.82) is 0 Å². The van der Waals surface area contributed by atoms with Crippen LogP contribution < -0.4 is 11.1 Å². The Bertz CT molecular complexity index is 406. The highest BCUT2D eigenvalue weighted by atomic mass is 35.5. The average Bonchev–Trinajstić information content (AvgIpc) is 2.79. The van der Waals surface area contributed by atoms with Crippen molar-refractivity contribution in [1.82, 2.24) is 4.90 Å². The number of hydrogen-bond donors (Lipinski definition) is 2. The molecule has 100 valence electrons. The smallest absolute Gasteiger partial charge is 0.0588 e. The number of benzene rings is 1. The molecule has 1 aromatic rings. The summed E-state index contributed by atoms with van der Waals surface area (Å²) in [5.41, 5.74) is 7.63. The average molecular weight is 268 g/mol. The Labute approximate surface area is 114 Å². The van der Waals surface area contributed by atoms with Gasteiger partial charge < -0.3 is 16.0 Å². The largest absolute Gasteiger partial charge is 0.397 e. The molecule has 0 radical (unpaired) electrons. The van der Waals surface area contributed by atoms with Crippen molar-refractivity contribution >= 4 is 23.0 Å². The molecule has 0 amide bonds. The predicted octanol–water partition coefficient (Wildman–Crippen LogP) is 3.06. The van der Waals surface area contributed by atoms with E-state index in [0.29, 0.717) is 12.0 Å². The molecule has 1 aromatic carbocycles. The van der Waals surface area contributed by atoms with Crippen LogP contribution in [0.4, 0.5) is 11.4 Å². The van der Waals surface area contributed by atoms with Gasteiger partial charge in [0, 0.05) is 24.2 Å². The van der Waals surface area contributed by atoms with Crippen LogP contribution >= 0.6 is 11.6 Å². The lowest BCUT2D eigenvalue weighted by Gasteiger charge is -2.20. The first kappa shape index (κ1) is 13.5. The van der Waals surface area contributed by atoms with Gasteiger partial charge in [-0.05, 0) is 50.9 Å². The molecule has 0 aliphatic carbocycles.